The van der Waals surface area contributed by atoms with E-state index in [0.29, 0.717) is 23.9 Å². The van der Waals surface area contributed by atoms with Crippen molar-refractivity contribution < 1.29 is 42.9 Å². The summed E-state index contributed by atoms with van der Waals surface area (Å²) >= 11 is 0. The summed E-state index contributed by atoms with van der Waals surface area (Å²) in [5, 5.41) is 9.72. The maximum atomic E-state index is 12.9. The molecule has 0 aromatic carbocycles. The number of nitrogens with zero attached hydrogens (tertiary/aromatic N) is 1. The zero-order valence-electron chi connectivity index (χ0n) is 53.9. The molecule has 0 amide bonds. The topological polar surface area (TPSA) is 108 Å². The Bertz CT molecular complexity index is 2090. The van der Waals surface area contributed by atoms with E-state index in [2.05, 4.69) is 196 Å². The van der Waals surface area contributed by atoms with E-state index in [1.54, 1.807) is 0 Å². The van der Waals surface area contributed by atoms with Gasteiger partial charge in [0.15, 0.2) is 6.10 Å². The van der Waals surface area contributed by atoms with E-state index >= 15 is 0 Å². The lowest BCUT2D eigenvalue weighted by molar-refractivity contribution is -0.870. The Morgan fingerprint density at radius 2 is 0.659 bits per heavy atom. The van der Waals surface area contributed by atoms with Crippen molar-refractivity contribution in [1.82, 2.24) is 0 Å². The lowest BCUT2D eigenvalue weighted by Gasteiger charge is -2.25. The van der Waals surface area contributed by atoms with Gasteiger partial charge in [-0.2, -0.15) is 0 Å². The van der Waals surface area contributed by atoms with Crippen molar-refractivity contribution >= 4 is 17.9 Å². The monoisotopic (exact) mass is 1170 g/mol. The van der Waals surface area contributed by atoms with Gasteiger partial charge in [-0.25, -0.2) is 4.79 Å². The third kappa shape index (κ3) is 65.5. The van der Waals surface area contributed by atoms with Crippen molar-refractivity contribution in [3.63, 3.8) is 0 Å². The number of allylic oxidation sites excluding steroid dienone is 32. The number of quaternary nitrogens is 1. The molecule has 0 spiro atoms. The van der Waals surface area contributed by atoms with Crippen LogP contribution in [0.1, 0.15) is 206 Å². The van der Waals surface area contributed by atoms with Crippen LogP contribution in [0, 0.1) is 0 Å². The van der Waals surface area contributed by atoms with E-state index in [1.807, 2.05) is 33.3 Å². The molecule has 0 aliphatic rings. The van der Waals surface area contributed by atoms with Crippen LogP contribution in [0.15, 0.2) is 194 Å². The number of likely N-dealkylation sites (N-methyl/N-ethyl adjacent to an activating group) is 1. The molecule has 0 aromatic heterocycles. The highest BCUT2D eigenvalue weighted by molar-refractivity contribution is 5.71. The summed E-state index contributed by atoms with van der Waals surface area (Å²) in [7, 11) is 5.93. The molecule has 2 atom stereocenters. The summed E-state index contributed by atoms with van der Waals surface area (Å²) in [6.07, 6.45) is 96.9. The van der Waals surface area contributed by atoms with Crippen molar-refractivity contribution in [3.8, 4) is 0 Å². The largest absolute Gasteiger partial charge is 0.477 e. The van der Waals surface area contributed by atoms with Crippen molar-refractivity contribution in [2.75, 3.05) is 47.5 Å². The Morgan fingerprint density at radius 1 is 0.353 bits per heavy atom. The normalized spacial score (nSPS) is 14.0. The number of ether oxygens (including phenoxy) is 4. The van der Waals surface area contributed by atoms with Crippen LogP contribution in [0.25, 0.3) is 0 Å². The average Bonchev–Trinajstić information content (AvgIpc) is 3.49. The molecule has 0 saturated heterocycles. The number of hydrogen-bond donors (Lipinski definition) is 1. The molecule has 0 aliphatic carbocycles. The summed E-state index contributed by atoms with van der Waals surface area (Å²) in [5.74, 6) is -2.15. The predicted molar refractivity (Wildman–Crippen MR) is 363 cm³/mol. The SMILES string of the molecule is CC/C=C\C/C=C\C/C=C\C/C=C\C/C=C\C/C=C\C/C=C\C/C=C\C/C=C\C/C=C\CCCCCCCCCCCCC(=O)OC(COC(=O)CC/C=C\C/C=C\C/C=C\C/C=C\C/C=C\C/C=C\CC)COC(OCC[N+](C)(C)C)C(=O)O. The van der Waals surface area contributed by atoms with Crippen LogP contribution < -0.4 is 0 Å². The molecule has 85 heavy (non-hydrogen) atoms. The first kappa shape index (κ1) is 79.1. The zero-order chi connectivity index (χ0) is 61.9. The maximum absolute atomic E-state index is 12.9. The molecule has 0 aromatic rings. The molecule has 1 N–H and O–H groups in total. The van der Waals surface area contributed by atoms with Gasteiger partial charge in [0, 0.05) is 12.8 Å². The second-order valence-electron chi connectivity index (χ2n) is 22.0. The Balaban J connectivity index is 4.24. The predicted octanol–water partition coefficient (Wildman–Crippen LogP) is 20.2. The number of carboxylic acid groups (broad SMARTS) is 1. The molecule has 0 heterocycles. The van der Waals surface area contributed by atoms with Gasteiger partial charge in [0.1, 0.15) is 13.2 Å². The third-order valence-corrected chi connectivity index (χ3v) is 12.9. The fourth-order valence-corrected chi connectivity index (χ4v) is 7.95. The van der Waals surface area contributed by atoms with Gasteiger partial charge < -0.3 is 28.5 Å². The Labute approximate surface area is 519 Å². The summed E-state index contributed by atoms with van der Waals surface area (Å²) in [4.78, 5) is 37.5. The van der Waals surface area contributed by atoms with Gasteiger partial charge >= 0.3 is 17.9 Å². The highest BCUT2D eigenvalue weighted by Crippen LogP contribution is 2.14. The fourth-order valence-electron chi connectivity index (χ4n) is 7.95. The van der Waals surface area contributed by atoms with Crippen LogP contribution in [0.5, 0.6) is 0 Å². The molecule has 0 radical (unpaired) electrons. The van der Waals surface area contributed by atoms with E-state index in [1.165, 1.54) is 38.5 Å². The van der Waals surface area contributed by atoms with Crippen molar-refractivity contribution in [2.45, 2.75) is 219 Å². The smallest absolute Gasteiger partial charge is 0.361 e. The van der Waals surface area contributed by atoms with Gasteiger partial charge in [-0.15, -0.1) is 0 Å². The number of carbonyl (C=O) groups excluding carboxylic acids is 2. The molecule has 0 bridgehead atoms. The van der Waals surface area contributed by atoms with Crippen LogP contribution in [0.3, 0.4) is 0 Å². The number of carbonyl (C=O) groups is 3. The average molecular weight is 1170 g/mol. The van der Waals surface area contributed by atoms with Crippen molar-refractivity contribution in [2.24, 2.45) is 0 Å². The van der Waals surface area contributed by atoms with Crippen LogP contribution in [-0.4, -0.2) is 87.4 Å². The van der Waals surface area contributed by atoms with Crippen LogP contribution in [0.2, 0.25) is 0 Å². The summed E-state index contributed by atoms with van der Waals surface area (Å²) in [5.41, 5.74) is 0. The van der Waals surface area contributed by atoms with Gasteiger partial charge in [-0.05, 0) is 128 Å². The summed E-state index contributed by atoms with van der Waals surface area (Å²) < 4.78 is 22.8. The van der Waals surface area contributed by atoms with Gasteiger partial charge in [-0.3, -0.25) is 9.59 Å². The Kier molecular flexibility index (Phi) is 59.7. The first-order valence-corrected chi connectivity index (χ1v) is 32.6. The molecule has 0 saturated carbocycles. The summed E-state index contributed by atoms with van der Waals surface area (Å²) in [6.45, 7) is 4.52. The lowest BCUT2D eigenvalue weighted by atomic mass is 10.0. The number of carboxylic acids is 1. The first-order chi connectivity index (χ1) is 41.6. The standard InChI is InChI=1S/C76H117NO8/c1-6-8-10-12-14-16-18-20-22-24-26-27-28-29-30-31-32-33-34-35-36-37-38-39-40-41-42-43-44-45-46-47-49-51-53-55-57-59-61-63-65-67-74(79)85-72(71-84-76(75(80)81)82-69-68-77(3,4)5)70-83-73(78)66-64-62-60-58-56-54-52-50-48-25-23-21-19-17-15-13-11-9-7-2/h8-11,14-17,20-23,26-27,29-30,32-33,35-36,38-39,41-42,44-45,48,50,54,56,60,62,72,76H,6-7,12-13,18-19,24-25,28,31,34,37,40,43,46-47,49,51-53,55,57-59,61,63-71H2,1-5H3/p+1/b10-8-,11-9-,16-14-,17-15-,22-20-,23-21-,27-26-,30-29-,33-32-,36-35-,39-38-,42-41-,45-44-,50-48-,56-54-,62-60-. The highest BCUT2D eigenvalue weighted by Gasteiger charge is 2.25. The molecule has 9 heteroatoms. The molecule has 0 rings (SSSR count). The number of rotatable bonds is 57. The molecular weight excluding hydrogens is 1050 g/mol. The van der Waals surface area contributed by atoms with Crippen molar-refractivity contribution in [1.29, 1.82) is 0 Å². The highest BCUT2D eigenvalue weighted by atomic mass is 16.7. The molecule has 2 unspecified atom stereocenters. The number of esters is 2. The number of aliphatic carboxylic acids is 1. The fraction of sp³-hybridized carbons (Fsp3) is 0.539. The quantitative estimate of drug-likeness (QED) is 0.0211. The minimum atomic E-state index is -1.54. The van der Waals surface area contributed by atoms with E-state index in [9.17, 15) is 19.5 Å². The van der Waals surface area contributed by atoms with Crippen LogP contribution in [-0.2, 0) is 33.3 Å². The van der Waals surface area contributed by atoms with E-state index in [0.717, 1.165) is 128 Å². The molecular formula is C76H118NO8+. The molecule has 474 valence electrons. The third-order valence-electron chi connectivity index (χ3n) is 12.9. The molecule has 9 nitrogen and oxygen atoms in total. The lowest BCUT2D eigenvalue weighted by Crippen LogP contribution is -2.40. The molecule has 0 fully saturated rings. The van der Waals surface area contributed by atoms with Crippen LogP contribution >= 0.6 is 0 Å². The van der Waals surface area contributed by atoms with Gasteiger partial charge in [0.25, 0.3) is 6.29 Å². The first-order valence-electron chi connectivity index (χ1n) is 32.6. The second kappa shape index (κ2) is 64.1. The van der Waals surface area contributed by atoms with E-state index in [4.69, 9.17) is 18.9 Å². The molecule has 0 aliphatic heterocycles. The second-order valence-corrected chi connectivity index (χ2v) is 22.0. The minimum absolute atomic E-state index is 0.165. The Morgan fingerprint density at radius 3 is 0.988 bits per heavy atom. The van der Waals surface area contributed by atoms with Crippen molar-refractivity contribution in [3.05, 3.63) is 194 Å². The van der Waals surface area contributed by atoms with Crippen LogP contribution in [0.4, 0.5) is 0 Å². The van der Waals surface area contributed by atoms with Gasteiger partial charge in [0.2, 0.25) is 0 Å². The zero-order valence-corrected chi connectivity index (χ0v) is 53.9. The maximum Gasteiger partial charge on any atom is 0.361 e. The minimum Gasteiger partial charge on any atom is -0.477 e. The van der Waals surface area contributed by atoms with E-state index in [-0.39, 0.29) is 32.7 Å². The Hall–Kier alpha value is -5.87. The van der Waals surface area contributed by atoms with E-state index < -0.39 is 30.3 Å². The summed E-state index contributed by atoms with van der Waals surface area (Å²) in [6, 6.07) is 0. The number of hydrogen-bond acceptors (Lipinski definition) is 7. The van der Waals surface area contributed by atoms with Gasteiger partial charge in [0.05, 0.1) is 34.4 Å². The van der Waals surface area contributed by atoms with Gasteiger partial charge in [-0.1, -0.05) is 260 Å². The number of unbranched alkanes of at least 4 members (excludes halogenated alkanes) is 10.